The number of amides is 1. The van der Waals surface area contributed by atoms with Crippen LogP contribution in [-0.4, -0.2) is 36.7 Å². The summed E-state index contributed by atoms with van der Waals surface area (Å²) in [5, 5.41) is 2.75. The Kier molecular flexibility index (Phi) is 5.71. The summed E-state index contributed by atoms with van der Waals surface area (Å²) < 4.78 is 65.1. The van der Waals surface area contributed by atoms with E-state index in [1.54, 1.807) is 24.5 Å². The molecule has 1 aliphatic heterocycles. The number of pyridine rings is 1. The second kappa shape index (κ2) is 7.88. The van der Waals surface area contributed by atoms with Gasteiger partial charge in [0.05, 0.1) is 10.5 Å². The maximum absolute atomic E-state index is 12.9. The highest BCUT2D eigenvalue weighted by atomic mass is 32.2. The van der Waals surface area contributed by atoms with E-state index in [0.717, 1.165) is 22.5 Å². The molecule has 2 heterocycles. The molecule has 1 amide bonds. The number of nitrogens with one attached hydrogen (secondary N) is 1. The second-order valence-corrected chi connectivity index (χ2v) is 8.37. The van der Waals surface area contributed by atoms with Gasteiger partial charge in [-0.2, -0.15) is 17.5 Å². The molecule has 2 aromatic rings. The molecule has 3 rings (SSSR count). The van der Waals surface area contributed by atoms with Gasteiger partial charge in [-0.05, 0) is 43.2 Å². The third-order valence-electron chi connectivity index (χ3n) is 4.57. The summed E-state index contributed by atoms with van der Waals surface area (Å²) in [6, 6.07) is 6.97. The zero-order chi connectivity index (χ0) is 20.4. The van der Waals surface area contributed by atoms with Crippen LogP contribution in [-0.2, 0) is 21.0 Å². The number of nitrogens with zero attached hydrogens (tertiary/aromatic N) is 2. The van der Waals surface area contributed by atoms with Gasteiger partial charge in [0, 0.05) is 37.1 Å². The normalized spacial score (nSPS) is 16.7. The Labute approximate surface area is 160 Å². The second-order valence-electron chi connectivity index (χ2n) is 6.43. The van der Waals surface area contributed by atoms with Crippen LogP contribution in [0.1, 0.15) is 18.4 Å². The van der Waals surface area contributed by atoms with Crippen LogP contribution in [0.2, 0.25) is 0 Å². The lowest BCUT2D eigenvalue weighted by atomic mass is 9.97. The molecule has 1 aromatic carbocycles. The summed E-state index contributed by atoms with van der Waals surface area (Å²) in [6.45, 7) is 0.125. The van der Waals surface area contributed by atoms with E-state index in [0.29, 0.717) is 11.8 Å². The molecule has 0 unspecified atom stereocenters. The molecule has 1 N–H and O–H groups in total. The monoisotopic (exact) mass is 413 g/mol. The Morgan fingerprint density at radius 2 is 1.75 bits per heavy atom. The minimum atomic E-state index is -4.62. The third-order valence-corrected chi connectivity index (χ3v) is 6.47. The van der Waals surface area contributed by atoms with Crippen molar-refractivity contribution in [3.63, 3.8) is 0 Å². The van der Waals surface area contributed by atoms with Gasteiger partial charge in [-0.1, -0.05) is 6.07 Å². The molecular formula is C18H18F3N3O3S. The number of anilines is 1. The Morgan fingerprint density at radius 1 is 1.11 bits per heavy atom. The molecule has 1 aromatic heterocycles. The smallest absolute Gasteiger partial charge is 0.326 e. The van der Waals surface area contributed by atoms with E-state index in [1.807, 2.05) is 0 Å². The van der Waals surface area contributed by atoms with Gasteiger partial charge in [0.25, 0.3) is 0 Å². The molecule has 1 aliphatic rings. The van der Waals surface area contributed by atoms with Crippen LogP contribution in [0.5, 0.6) is 0 Å². The molecule has 6 nitrogen and oxygen atoms in total. The predicted molar refractivity (Wildman–Crippen MR) is 95.8 cm³/mol. The number of rotatable bonds is 4. The maximum atomic E-state index is 12.9. The van der Waals surface area contributed by atoms with Crippen LogP contribution in [0, 0.1) is 5.92 Å². The number of piperidine rings is 1. The predicted octanol–water partition coefficient (Wildman–Crippen LogP) is 3.14. The van der Waals surface area contributed by atoms with E-state index in [4.69, 9.17) is 0 Å². The first-order valence-electron chi connectivity index (χ1n) is 8.56. The zero-order valence-corrected chi connectivity index (χ0v) is 15.5. The number of hydrogen-bond donors (Lipinski definition) is 1. The van der Waals surface area contributed by atoms with Gasteiger partial charge in [-0.25, -0.2) is 8.42 Å². The van der Waals surface area contributed by atoms with Crippen molar-refractivity contribution in [2.24, 2.45) is 5.92 Å². The number of sulfonamides is 1. The molecule has 0 bridgehead atoms. The largest absolute Gasteiger partial charge is 0.416 e. The first-order chi connectivity index (χ1) is 13.2. The Bertz CT molecular complexity index is 941. The van der Waals surface area contributed by atoms with Gasteiger partial charge in [-0.15, -0.1) is 0 Å². The lowest BCUT2D eigenvalue weighted by Crippen LogP contribution is -2.41. The third kappa shape index (κ3) is 4.50. The summed E-state index contributed by atoms with van der Waals surface area (Å²) >= 11 is 0. The van der Waals surface area contributed by atoms with Crippen LogP contribution in [0.4, 0.5) is 18.9 Å². The van der Waals surface area contributed by atoms with Crippen LogP contribution in [0.15, 0.2) is 53.7 Å². The van der Waals surface area contributed by atoms with Crippen molar-refractivity contribution < 1.29 is 26.4 Å². The van der Waals surface area contributed by atoms with Crippen molar-refractivity contribution in [1.29, 1.82) is 0 Å². The number of hydrogen-bond acceptors (Lipinski definition) is 4. The van der Waals surface area contributed by atoms with Crippen molar-refractivity contribution in [2.45, 2.75) is 23.9 Å². The van der Waals surface area contributed by atoms with Crippen molar-refractivity contribution in [3.8, 4) is 0 Å². The van der Waals surface area contributed by atoms with Crippen molar-refractivity contribution in [3.05, 3.63) is 54.4 Å². The molecule has 1 saturated heterocycles. The topological polar surface area (TPSA) is 79.4 Å². The Morgan fingerprint density at radius 3 is 2.36 bits per heavy atom. The van der Waals surface area contributed by atoms with E-state index in [-0.39, 0.29) is 37.8 Å². The molecule has 150 valence electrons. The number of alkyl halides is 3. The van der Waals surface area contributed by atoms with Gasteiger partial charge >= 0.3 is 6.18 Å². The quantitative estimate of drug-likeness (QED) is 0.835. The lowest BCUT2D eigenvalue weighted by molar-refractivity contribution is -0.137. The van der Waals surface area contributed by atoms with E-state index >= 15 is 0 Å². The number of benzene rings is 1. The molecule has 0 radical (unpaired) electrons. The molecule has 0 spiro atoms. The van der Waals surface area contributed by atoms with Crippen LogP contribution >= 0.6 is 0 Å². The van der Waals surface area contributed by atoms with Crippen molar-refractivity contribution in [2.75, 3.05) is 18.4 Å². The van der Waals surface area contributed by atoms with Gasteiger partial charge in [-0.3, -0.25) is 9.78 Å². The first kappa shape index (κ1) is 20.3. The minimum absolute atomic E-state index is 0.0625. The fraction of sp³-hybridized carbons (Fsp3) is 0.333. The van der Waals surface area contributed by atoms with Gasteiger partial charge < -0.3 is 5.32 Å². The van der Waals surface area contributed by atoms with Gasteiger partial charge in [0.1, 0.15) is 0 Å². The molecule has 0 atom stereocenters. The van der Waals surface area contributed by atoms with Crippen LogP contribution < -0.4 is 5.32 Å². The molecular weight excluding hydrogens is 395 g/mol. The minimum Gasteiger partial charge on any atom is -0.326 e. The summed E-state index contributed by atoms with van der Waals surface area (Å²) in [4.78, 5) is 15.8. The average molecular weight is 413 g/mol. The number of aromatic nitrogens is 1. The average Bonchev–Trinajstić information content (AvgIpc) is 2.68. The summed E-state index contributed by atoms with van der Waals surface area (Å²) in [5.74, 6) is -0.594. The van der Waals surface area contributed by atoms with Gasteiger partial charge in [0.15, 0.2) is 0 Å². The number of halogens is 3. The SMILES string of the molecule is O=C(Nc1ccncc1)C1CCN(S(=O)(=O)c2cccc(C(F)(F)F)c2)CC1. The maximum Gasteiger partial charge on any atom is 0.416 e. The molecule has 10 heteroatoms. The number of carbonyl (C=O) groups is 1. The fourth-order valence-corrected chi connectivity index (χ4v) is 4.54. The summed E-state index contributed by atoms with van der Waals surface area (Å²) in [7, 11) is -4.06. The van der Waals surface area contributed by atoms with E-state index in [9.17, 15) is 26.4 Å². The molecule has 28 heavy (non-hydrogen) atoms. The van der Waals surface area contributed by atoms with Crippen molar-refractivity contribution >= 4 is 21.6 Å². The lowest BCUT2D eigenvalue weighted by Gasteiger charge is -2.30. The highest BCUT2D eigenvalue weighted by Gasteiger charge is 2.35. The van der Waals surface area contributed by atoms with Crippen LogP contribution in [0.25, 0.3) is 0 Å². The number of carbonyl (C=O) groups excluding carboxylic acids is 1. The van der Waals surface area contributed by atoms with Crippen LogP contribution in [0.3, 0.4) is 0 Å². The first-order valence-corrected chi connectivity index (χ1v) is 10.0. The standard InChI is InChI=1S/C18H18F3N3O3S/c19-18(20,21)14-2-1-3-16(12-14)28(26,27)24-10-6-13(7-11-24)17(25)23-15-4-8-22-9-5-15/h1-5,8-9,12-13H,6-7,10-11H2,(H,22,23,25). The fourth-order valence-electron chi connectivity index (χ4n) is 3.02. The summed E-state index contributed by atoms with van der Waals surface area (Å²) in [5.41, 5.74) is -0.417. The zero-order valence-electron chi connectivity index (χ0n) is 14.7. The van der Waals surface area contributed by atoms with Crippen molar-refractivity contribution in [1.82, 2.24) is 9.29 Å². The molecule has 0 saturated carbocycles. The Hall–Kier alpha value is -2.46. The van der Waals surface area contributed by atoms with Gasteiger partial charge in [0.2, 0.25) is 15.9 Å². The summed E-state index contributed by atoms with van der Waals surface area (Å²) in [6.07, 6.45) is -0.965. The highest BCUT2D eigenvalue weighted by molar-refractivity contribution is 7.89. The molecule has 1 fully saturated rings. The highest BCUT2D eigenvalue weighted by Crippen LogP contribution is 2.32. The van der Waals surface area contributed by atoms with E-state index in [1.165, 1.54) is 0 Å². The van der Waals surface area contributed by atoms with E-state index < -0.39 is 26.7 Å². The van der Waals surface area contributed by atoms with E-state index in [2.05, 4.69) is 10.3 Å². The molecule has 0 aliphatic carbocycles. The Balaban J connectivity index is 1.66.